The molecule has 0 radical (unpaired) electrons. The number of halogens is 1. The first kappa shape index (κ1) is 27.8. The Labute approximate surface area is 239 Å². The number of hydrogen-bond acceptors (Lipinski definition) is 8. The minimum atomic E-state index is -0.650. The number of amides is 3. The molecule has 3 amide bonds. The number of thiophene rings is 1. The number of carbonyl (C=O) groups excluding carboxylic acids is 3. The molecular weight excluding hydrogens is 554 g/mol. The highest BCUT2D eigenvalue weighted by Gasteiger charge is 2.26. The van der Waals surface area contributed by atoms with Crippen molar-refractivity contribution in [1.29, 1.82) is 0 Å². The zero-order valence-electron chi connectivity index (χ0n) is 22.1. The minimum absolute atomic E-state index is 0.0282. The van der Waals surface area contributed by atoms with Crippen LogP contribution in [0.4, 0.5) is 0 Å². The molecule has 13 heteroatoms. The van der Waals surface area contributed by atoms with E-state index in [0.29, 0.717) is 32.7 Å². The Morgan fingerprint density at radius 2 is 1.93 bits per heavy atom. The summed E-state index contributed by atoms with van der Waals surface area (Å²) in [5, 5.41) is 14.9. The fourth-order valence-electron chi connectivity index (χ4n) is 4.79. The van der Waals surface area contributed by atoms with Gasteiger partial charge in [-0.2, -0.15) is 5.10 Å². The number of aromatic nitrogens is 3. The van der Waals surface area contributed by atoms with Crippen molar-refractivity contribution in [3.63, 3.8) is 0 Å². The first-order valence-corrected chi connectivity index (χ1v) is 14.2. The van der Waals surface area contributed by atoms with Gasteiger partial charge in [0.25, 0.3) is 11.8 Å². The van der Waals surface area contributed by atoms with Gasteiger partial charge in [-0.15, -0.1) is 11.3 Å². The van der Waals surface area contributed by atoms with Gasteiger partial charge in [0.1, 0.15) is 5.69 Å². The highest BCUT2D eigenvalue weighted by Crippen LogP contribution is 2.31. The Morgan fingerprint density at radius 3 is 2.60 bits per heavy atom. The number of fused-ring (bicyclic) bond motifs is 1. The molecule has 210 valence electrons. The lowest BCUT2D eigenvalue weighted by molar-refractivity contribution is -0.117. The predicted octanol–water partition coefficient (Wildman–Crippen LogP) is 3.27. The summed E-state index contributed by atoms with van der Waals surface area (Å²) in [6.07, 6.45) is 1.69. The van der Waals surface area contributed by atoms with Gasteiger partial charge in [0.15, 0.2) is 11.5 Å². The van der Waals surface area contributed by atoms with Crippen LogP contribution in [0, 0.1) is 0 Å². The fourth-order valence-corrected chi connectivity index (χ4v) is 5.79. The summed E-state index contributed by atoms with van der Waals surface area (Å²) >= 11 is 7.44. The van der Waals surface area contributed by atoms with Gasteiger partial charge in [-0.3, -0.25) is 19.1 Å². The molecule has 1 aliphatic rings. The molecule has 4 heterocycles. The summed E-state index contributed by atoms with van der Waals surface area (Å²) in [6.45, 7) is 6.11. The molecule has 3 aromatic heterocycles. The molecule has 0 aliphatic carbocycles. The van der Waals surface area contributed by atoms with Crippen LogP contribution in [0.25, 0.3) is 21.5 Å². The summed E-state index contributed by atoms with van der Waals surface area (Å²) < 4.78 is 7.82. The molecule has 0 bridgehead atoms. The van der Waals surface area contributed by atoms with Crippen LogP contribution in [0.5, 0.6) is 0 Å². The second kappa shape index (κ2) is 11.8. The molecule has 4 aromatic rings. The summed E-state index contributed by atoms with van der Waals surface area (Å²) in [7, 11) is 0. The third-order valence-corrected chi connectivity index (χ3v) is 8.18. The standard InChI is InChI=1S/C27H30ClN7O4S/c1-15(2)34-9-7-17(8-10-34)31-27(38)25-19-11-16(26(37)30-13-24(29)36)3-4-20(19)35(32-25)14-18-12-21(39-33-18)22-5-6-23(28)40-22/h3-6,11-12,15,17H,7-10,13-14H2,1-2H3,(H2,29,36)(H,30,37)(H,31,38). The number of nitrogens with one attached hydrogen (secondary N) is 2. The highest BCUT2D eigenvalue weighted by molar-refractivity contribution is 7.19. The van der Waals surface area contributed by atoms with Gasteiger partial charge in [-0.1, -0.05) is 16.8 Å². The Morgan fingerprint density at radius 1 is 1.15 bits per heavy atom. The number of nitrogens with zero attached hydrogens (tertiary/aromatic N) is 4. The topological polar surface area (TPSA) is 148 Å². The molecule has 0 spiro atoms. The fraction of sp³-hybridized carbons (Fsp3) is 0.370. The minimum Gasteiger partial charge on any atom is -0.368 e. The van der Waals surface area contributed by atoms with Crippen LogP contribution in [-0.4, -0.2) is 69.3 Å². The Balaban J connectivity index is 1.42. The summed E-state index contributed by atoms with van der Waals surface area (Å²) in [5.41, 5.74) is 6.91. The third-order valence-electron chi connectivity index (χ3n) is 6.93. The van der Waals surface area contributed by atoms with E-state index in [0.717, 1.165) is 30.8 Å². The molecule has 11 nitrogen and oxygen atoms in total. The molecule has 40 heavy (non-hydrogen) atoms. The van der Waals surface area contributed by atoms with Crippen LogP contribution in [0.1, 0.15) is 53.2 Å². The Bertz CT molecular complexity index is 1550. The highest BCUT2D eigenvalue weighted by atomic mass is 35.5. The quantitative estimate of drug-likeness (QED) is 0.274. The van der Waals surface area contributed by atoms with Crippen LogP contribution in [0.15, 0.2) is 40.9 Å². The van der Waals surface area contributed by atoms with Gasteiger partial charge < -0.3 is 25.8 Å². The van der Waals surface area contributed by atoms with Crippen LogP contribution in [0.3, 0.4) is 0 Å². The van der Waals surface area contributed by atoms with Crippen LogP contribution >= 0.6 is 22.9 Å². The molecule has 1 fully saturated rings. The number of piperidine rings is 1. The van der Waals surface area contributed by atoms with Crippen LogP contribution < -0.4 is 16.4 Å². The van der Waals surface area contributed by atoms with E-state index < -0.39 is 11.8 Å². The van der Waals surface area contributed by atoms with E-state index in [2.05, 4.69) is 39.6 Å². The second-order valence-electron chi connectivity index (χ2n) is 10.1. The molecule has 5 rings (SSSR count). The summed E-state index contributed by atoms with van der Waals surface area (Å²) in [4.78, 5) is 40.5. The molecule has 1 saturated heterocycles. The van der Waals surface area contributed by atoms with E-state index in [-0.39, 0.29) is 36.3 Å². The van der Waals surface area contributed by atoms with Gasteiger partial charge in [-0.25, -0.2) is 0 Å². The molecule has 0 atom stereocenters. The zero-order valence-corrected chi connectivity index (χ0v) is 23.7. The van der Waals surface area contributed by atoms with Crippen molar-refractivity contribution in [3.8, 4) is 10.6 Å². The van der Waals surface area contributed by atoms with Crippen molar-refractivity contribution in [3.05, 3.63) is 57.7 Å². The largest absolute Gasteiger partial charge is 0.368 e. The zero-order chi connectivity index (χ0) is 28.4. The maximum absolute atomic E-state index is 13.5. The third kappa shape index (κ3) is 6.19. The summed E-state index contributed by atoms with van der Waals surface area (Å²) in [5.74, 6) is -0.850. The smallest absolute Gasteiger partial charge is 0.272 e. The van der Waals surface area contributed by atoms with E-state index >= 15 is 0 Å². The molecule has 4 N–H and O–H groups in total. The number of benzene rings is 1. The average Bonchev–Trinajstić information content (AvgIpc) is 3.66. The Kier molecular flexibility index (Phi) is 8.19. The Hall–Kier alpha value is -3.74. The monoisotopic (exact) mass is 583 g/mol. The normalized spacial score (nSPS) is 14.6. The number of nitrogens with two attached hydrogens (primary N) is 1. The first-order chi connectivity index (χ1) is 19.2. The van der Waals surface area contributed by atoms with Crippen molar-refractivity contribution in [2.45, 2.75) is 45.3 Å². The second-order valence-corrected chi connectivity index (χ2v) is 11.8. The van der Waals surface area contributed by atoms with Gasteiger partial charge in [0.2, 0.25) is 5.91 Å². The van der Waals surface area contributed by atoms with Gasteiger partial charge in [0, 0.05) is 42.2 Å². The predicted molar refractivity (Wildman–Crippen MR) is 152 cm³/mol. The number of rotatable bonds is 9. The maximum atomic E-state index is 13.5. The van der Waals surface area contributed by atoms with Crippen LogP contribution in [0.2, 0.25) is 4.34 Å². The number of primary amides is 1. The van der Waals surface area contributed by atoms with E-state index in [4.69, 9.17) is 21.9 Å². The molecular formula is C27H30ClN7O4S. The van der Waals surface area contributed by atoms with Gasteiger partial charge >= 0.3 is 0 Å². The number of hydrogen-bond donors (Lipinski definition) is 3. The van der Waals surface area contributed by atoms with Gasteiger partial charge in [0.05, 0.1) is 27.8 Å². The van der Waals surface area contributed by atoms with Crippen LogP contribution in [-0.2, 0) is 11.3 Å². The number of carbonyl (C=O) groups is 3. The molecule has 0 saturated carbocycles. The van der Waals surface area contributed by atoms with Crippen molar-refractivity contribution in [1.82, 2.24) is 30.5 Å². The maximum Gasteiger partial charge on any atom is 0.272 e. The van der Waals surface area contributed by atoms with E-state index in [1.807, 2.05) is 12.1 Å². The van der Waals surface area contributed by atoms with E-state index in [1.165, 1.54) is 11.3 Å². The molecule has 1 aliphatic heterocycles. The number of likely N-dealkylation sites (tertiary alicyclic amines) is 1. The average molecular weight is 584 g/mol. The lowest BCUT2D eigenvalue weighted by atomic mass is 10.0. The van der Waals surface area contributed by atoms with E-state index in [1.54, 1.807) is 28.9 Å². The first-order valence-electron chi connectivity index (χ1n) is 13.0. The van der Waals surface area contributed by atoms with Crippen molar-refractivity contribution < 1.29 is 18.9 Å². The molecule has 1 aromatic carbocycles. The summed E-state index contributed by atoms with van der Waals surface area (Å²) in [6, 6.07) is 10.9. The van der Waals surface area contributed by atoms with E-state index in [9.17, 15) is 14.4 Å². The van der Waals surface area contributed by atoms with Gasteiger partial charge in [-0.05, 0) is 57.0 Å². The lowest BCUT2D eigenvalue weighted by Gasteiger charge is -2.34. The SMILES string of the molecule is CC(C)N1CCC(NC(=O)c2nn(Cc3cc(-c4ccc(Cl)s4)on3)c3ccc(C(=O)NCC(N)=O)cc23)CC1. The molecule has 0 unspecified atom stereocenters. The lowest BCUT2D eigenvalue weighted by Crippen LogP contribution is -2.46. The van der Waals surface area contributed by atoms with Crippen molar-refractivity contribution >= 4 is 51.6 Å². The van der Waals surface area contributed by atoms with Crippen molar-refractivity contribution in [2.75, 3.05) is 19.6 Å². The van der Waals surface area contributed by atoms with Crippen molar-refractivity contribution in [2.24, 2.45) is 5.73 Å².